The number of nitrogens with one attached hydrogen (secondary N) is 2. The van der Waals surface area contributed by atoms with Gasteiger partial charge in [-0.15, -0.1) is 0 Å². The number of aryl methyl sites for hydroxylation is 2. The Morgan fingerprint density at radius 2 is 1.73 bits per heavy atom. The number of carbonyl (C=O) groups excluding carboxylic acids is 1. The standard InChI is InChI=1S/C29H28N8O3/c1-5-24(38)21-16-31-26(34-25-12-11-18(15-30-25)19-9-7-13-36(2)29(19)39)14-23(21)33-22-10-6-8-20(27(22)40-4)28-32-17-37(3)35-28/h6-17H,5H2,1-4H3,(H2,30,31,33,34). The number of methoxy groups -OCH3 is 1. The van der Waals surface area contributed by atoms with Crippen molar-refractivity contribution in [3.05, 3.63) is 89.4 Å². The molecule has 1 aromatic carbocycles. The molecule has 202 valence electrons. The molecule has 0 amide bonds. The zero-order valence-corrected chi connectivity index (χ0v) is 22.5. The van der Waals surface area contributed by atoms with Crippen molar-refractivity contribution in [2.75, 3.05) is 17.7 Å². The van der Waals surface area contributed by atoms with Crippen molar-refractivity contribution >= 4 is 28.8 Å². The summed E-state index contributed by atoms with van der Waals surface area (Å²) in [7, 11) is 5.08. The first-order chi connectivity index (χ1) is 19.4. The number of hydrogen-bond donors (Lipinski definition) is 2. The lowest BCUT2D eigenvalue weighted by atomic mass is 10.1. The maximum absolute atomic E-state index is 12.8. The normalized spacial score (nSPS) is 10.8. The van der Waals surface area contributed by atoms with Gasteiger partial charge in [-0.3, -0.25) is 14.3 Å². The van der Waals surface area contributed by atoms with Crippen LogP contribution in [0.4, 0.5) is 23.0 Å². The van der Waals surface area contributed by atoms with Crippen molar-refractivity contribution in [3.8, 4) is 28.3 Å². The number of anilines is 4. The van der Waals surface area contributed by atoms with Crippen LogP contribution in [-0.2, 0) is 14.1 Å². The highest BCUT2D eigenvalue weighted by Crippen LogP contribution is 2.37. The zero-order chi connectivity index (χ0) is 28.2. The molecular weight excluding hydrogens is 508 g/mol. The molecule has 11 heteroatoms. The summed E-state index contributed by atoms with van der Waals surface area (Å²) in [6.07, 6.45) is 6.82. The first kappa shape index (κ1) is 26.3. The van der Waals surface area contributed by atoms with Crippen LogP contribution in [0.1, 0.15) is 23.7 Å². The van der Waals surface area contributed by atoms with Crippen LogP contribution in [0.5, 0.6) is 5.75 Å². The number of nitrogens with zero attached hydrogens (tertiary/aromatic N) is 6. The van der Waals surface area contributed by atoms with Gasteiger partial charge in [0.15, 0.2) is 17.4 Å². The highest BCUT2D eigenvalue weighted by molar-refractivity contribution is 6.02. The number of rotatable bonds is 9. The first-order valence-corrected chi connectivity index (χ1v) is 12.6. The van der Waals surface area contributed by atoms with Gasteiger partial charge in [0, 0.05) is 56.3 Å². The van der Waals surface area contributed by atoms with Crippen LogP contribution < -0.4 is 20.9 Å². The third-order valence-corrected chi connectivity index (χ3v) is 6.31. The van der Waals surface area contributed by atoms with Crippen LogP contribution in [0.3, 0.4) is 0 Å². The number of benzene rings is 1. The summed E-state index contributed by atoms with van der Waals surface area (Å²) in [6, 6.07) is 14.5. The molecule has 11 nitrogen and oxygen atoms in total. The van der Waals surface area contributed by atoms with E-state index in [9.17, 15) is 9.59 Å². The van der Waals surface area contributed by atoms with E-state index in [4.69, 9.17) is 4.74 Å². The van der Waals surface area contributed by atoms with E-state index in [1.165, 1.54) is 10.8 Å². The smallest absolute Gasteiger partial charge is 0.258 e. The second-order valence-electron chi connectivity index (χ2n) is 9.04. The molecule has 0 saturated heterocycles. The molecule has 4 aromatic heterocycles. The third-order valence-electron chi connectivity index (χ3n) is 6.31. The summed E-state index contributed by atoms with van der Waals surface area (Å²) >= 11 is 0. The SMILES string of the molecule is CCC(=O)c1cnc(Nc2ccc(-c3cccn(C)c3=O)cn2)cc1Nc1cccc(-c2ncn(C)n2)c1OC. The number of para-hydroxylation sites is 1. The maximum atomic E-state index is 12.8. The second kappa shape index (κ2) is 11.2. The topological polar surface area (TPSA) is 129 Å². The van der Waals surface area contributed by atoms with E-state index in [2.05, 4.69) is 30.7 Å². The first-order valence-electron chi connectivity index (χ1n) is 12.6. The van der Waals surface area contributed by atoms with Gasteiger partial charge >= 0.3 is 0 Å². The molecule has 40 heavy (non-hydrogen) atoms. The molecule has 0 aliphatic rings. The molecular formula is C29H28N8O3. The molecule has 0 fully saturated rings. The second-order valence-corrected chi connectivity index (χ2v) is 9.04. The van der Waals surface area contributed by atoms with Crippen LogP contribution in [-0.4, -0.2) is 42.2 Å². The van der Waals surface area contributed by atoms with E-state index in [-0.39, 0.29) is 11.3 Å². The highest BCUT2D eigenvalue weighted by atomic mass is 16.5. The fourth-order valence-electron chi connectivity index (χ4n) is 4.25. The summed E-state index contributed by atoms with van der Waals surface area (Å²) < 4.78 is 8.87. The Bertz CT molecular complexity index is 1740. The van der Waals surface area contributed by atoms with Crippen LogP contribution in [0, 0.1) is 0 Å². The molecule has 0 spiro atoms. The lowest BCUT2D eigenvalue weighted by Crippen LogP contribution is -2.17. The molecule has 0 unspecified atom stereocenters. The van der Waals surface area contributed by atoms with Crippen molar-refractivity contribution in [1.82, 2.24) is 29.3 Å². The van der Waals surface area contributed by atoms with Gasteiger partial charge < -0.3 is 19.9 Å². The van der Waals surface area contributed by atoms with Crippen LogP contribution in [0.2, 0.25) is 0 Å². The summed E-state index contributed by atoms with van der Waals surface area (Å²) in [5.74, 6) is 2.01. The van der Waals surface area contributed by atoms with E-state index in [0.29, 0.717) is 63.3 Å². The average molecular weight is 537 g/mol. The van der Waals surface area contributed by atoms with Gasteiger partial charge in [0.25, 0.3) is 5.56 Å². The predicted octanol–water partition coefficient (Wildman–Crippen LogP) is 4.73. The van der Waals surface area contributed by atoms with Crippen molar-refractivity contribution in [1.29, 1.82) is 0 Å². The fraction of sp³-hybridized carbons (Fsp3) is 0.172. The van der Waals surface area contributed by atoms with E-state index in [0.717, 1.165) is 0 Å². The third kappa shape index (κ3) is 5.30. The van der Waals surface area contributed by atoms with Gasteiger partial charge in [-0.1, -0.05) is 13.0 Å². The quantitative estimate of drug-likeness (QED) is 0.257. The van der Waals surface area contributed by atoms with Gasteiger partial charge in [-0.05, 0) is 36.4 Å². The van der Waals surface area contributed by atoms with E-state index in [1.54, 1.807) is 69.7 Å². The summed E-state index contributed by atoms with van der Waals surface area (Å²) in [5.41, 5.74) is 3.52. The molecule has 0 radical (unpaired) electrons. The zero-order valence-electron chi connectivity index (χ0n) is 22.5. The summed E-state index contributed by atoms with van der Waals surface area (Å²) in [5, 5.41) is 10.9. The Morgan fingerprint density at radius 1 is 0.925 bits per heavy atom. The van der Waals surface area contributed by atoms with Gasteiger partial charge in [0.2, 0.25) is 0 Å². The minimum absolute atomic E-state index is 0.0602. The number of Topliss-reactive ketones (excluding diaryl/α,β-unsaturated/α-hetero) is 1. The maximum Gasteiger partial charge on any atom is 0.258 e. The lowest BCUT2D eigenvalue weighted by Gasteiger charge is -2.17. The Balaban J connectivity index is 1.46. The van der Waals surface area contributed by atoms with Gasteiger partial charge in [0.05, 0.1) is 29.6 Å². The Labute approximate surface area is 230 Å². The molecule has 5 rings (SSSR count). The number of pyridine rings is 3. The van der Waals surface area contributed by atoms with Crippen LogP contribution in [0.25, 0.3) is 22.5 Å². The molecule has 5 aromatic rings. The molecule has 2 N–H and O–H groups in total. The summed E-state index contributed by atoms with van der Waals surface area (Å²) in [6.45, 7) is 1.80. The molecule has 0 atom stereocenters. The van der Waals surface area contributed by atoms with Crippen molar-refractivity contribution in [3.63, 3.8) is 0 Å². The summed E-state index contributed by atoms with van der Waals surface area (Å²) in [4.78, 5) is 38.5. The lowest BCUT2D eigenvalue weighted by molar-refractivity contribution is 0.0988. The van der Waals surface area contributed by atoms with E-state index < -0.39 is 0 Å². The number of aromatic nitrogens is 6. The number of ketones is 1. The number of ether oxygens (including phenoxy) is 1. The molecule has 0 aliphatic heterocycles. The average Bonchev–Trinajstić information content (AvgIpc) is 3.40. The van der Waals surface area contributed by atoms with Crippen molar-refractivity contribution in [2.24, 2.45) is 14.1 Å². The molecule has 0 saturated carbocycles. The molecule has 4 heterocycles. The Morgan fingerprint density at radius 3 is 2.42 bits per heavy atom. The van der Waals surface area contributed by atoms with Crippen molar-refractivity contribution < 1.29 is 9.53 Å². The molecule has 0 aliphatic carbocycles. The number of hydrogen-bond acceptors (Lipinski definition) is 9. The van der Waals surface area contributed by atoms with Crippen molar-refractivity contribution in [2.45, 2.75) is 13.3 Å². The van der Waals surface area contributed by atoms with Gasteiger partial charge in [-0.2, -0.15) is 5.10 Å². The fourth-order valence-corrected chi connectivity index (χ4v) is 4.25. The van der Waals surface area contributed by atoms with Gasteiger partial charge in [0.1, 0.15) is 18.0 Å². The van der Waals surface area contributed by atoms with Crippen LogP contribution >= 0.6 is 0 Å². The Hall–Kier alpha value is -5.32. The van der Waals surface area contributed by atoms with E-state index >= 15 is 0 Å². The monoisotopic (exact) mass is 536 g/mol. The highest BCUT2D eigenvalue weighted by Gasteiger charge is 2.18. The predicted molar refractivity (Wildman–Crippen MR) is 153 cm³/mol. The van der Waals surface area contributed by atoms with Crippen LogP contribution in [0.15, 0.2) is 78.2 Å². The molecule has 0 bridgehead atoms. The minimum atomic E-state index is -0.100. The Kier molecular flexibility index (Phi) is 7.36. The largest absolute Gasteiger partial charge is 0.494 e. The minimum Gasteiger partial charge on any atom is -0.494 e. The van der Waals surface area contributed by atoms with Gasteiger partial charge in [-0.25, -0.2) is 15.0 Å². The van der Waals surface area contributed by atoms with E-state index in [1.807, 2.05) is 30.3 Å². The number of carbonyl (C=O) groups is 1.